The topological polar surface area (TPSA) is 77.0 Å². The van der Waals surface area contributed by atoms with Crippen molar-refractivity contribution in [2.45, 2.75) is 38.4 Å². The molecular formula is C10H17N5O. The van der Waals surface area contributed by atoms with Crippen LogP contribution in [0.4, 0.5) is 0 Å². The Balaban J connectivity index is 1.94. The van der Waals surface area contributed by atoms with E-state index in [4.69, 9.17) is 5.73 Å². The highest BCUT2D eigenvalue weighted by Crippen LogP contribution is 2.16. The molecule has 1 amide bonds. The molecule has 2 atom stereocenters. The number of likely N-dealkylation sites (tertiary alicyclic amines) is 1. The van der Waals surface area contributed by atoms with Crippen LogP contribution in [-0.4, -0.2) is 44.2 Å². The maximum Gasteiger partial charge on any atom is 0.244 e. The van der Waals surface area contributed by atoms with E-state index >= 15 is 0 Å². The molecule has 6 heteroatoms. The standard InChI is InChI=1S/C10H17N5O/c1-8-4-9(11)2-3-15(8)10(16)5-14-7-12-6-13-14/h6-9H,2-5,11H2,1H3. The second kappa shape index (κ2) is 4.61. The Morgan fingerprint density at radius 2 is 2.44 bits per heavy atom. The van der Waals surface area contributed by atoms with E-state index in [1.807, 2.05) is 11.8 Å². The molecule has 2 N–H and O–H groups in total. The molecule has 0 spiro atoms. The number of piperidine rings is 1. The Bertz CT molecular complexity index is 350. The van der Waals surface area contributed by atoms with Crippen LogP contribution in [-0.2, 0) is 11.3 Å². The molecule has 2 heterocycles. The summed E-state index contributed by atoms with van der Waals surface area (Å²) in [7, 11) is 0. The van der Waals surface area contributed by atoms with E-state index in [-0.39, 0.29) is 24.5 Å². The van der Waals surface area contributed by atoms with Crippen molar-refractivity contribution in [3.8, 4) is 0 Å². The van der Waals surface area contributed by atoms with Crippen molar-refractivity contribution in [2.24, 2.45) is 5.73 Å². The van der Waals surface area contributed by atoms with Gasteiger partial charge in [0.2, 0.25) is 5.91 Å². The van der Waals surface area contributed by atoms with E-state index in [1.54, 1.807) is 11.0 Å². The first-order valence-electron chi connectivity index (χ1n) is 5.54. The van der Waals surface area contributed by atoms with Crippen LogP contribution in [0.2, 0.25) is 0 Å². The van der Waals surface area contributed by atoms with Crippen LogP contribution in [0.5, 0.6) is 0 Å². The van der Waals surface area contributed by atoms with Crippen molar-refractivity contribution in [3.63, 3.8) is 0 Å². The lowest BCUT2D eigenvalue weighted by Crippen LogP contribution is -2.49. The van der Waals surface area contributed by atoms with Gasteiger partial charge in [0, 0.05) is 18.6 Å². The van der Waals surface area contributed by atoms with Crippen molar-refractivity contribution >= 4 is 5.91 Å². The number of amides is 1. The van der Waals surface area contributed by atoms with Gasteiger partial charge in [0.15, 0.2) is 0 Å². The molecule has 0 saturated carbocycles. The van der Waals surface area contributed by atoms with Crippen molar-refractivity contribution < 1.29 is 4.79 Å². The normalized spacial score (nSPS) is 25.8. The van der Waals surface area contributed by atoms with E-state index in [9.17, 15) is 4.79 Å². The van der Waals surface area contributed by atoms with E-state index in [0.717, 1.165) is 19.4 Å². The highest BCUT2D eigenvalue weighted by atomic mass is 16.2. The first-order chi connectivity index (χ1) is 7.66. The van der Waals surface area contributed by atoms with Gasteiger partial charge in [-0.2, -0.15) is 5.10 Å². The van der Waals surface area contributed by atoms with Gasteiger partial charge in [-0.05, 0) is 19.8 Å². The van der Waals surface area contributed by atoms with Crippen LogP contribution in [0.25, 0.3) is 0 Å². The summed E-state index contributed by atoms with van der Waals surface area (Å²) in [6, 6.07) is 0.449. The minimum absolute atomic E-state index is 0.0879. The van der Waals surface area contributed by atoms with E-state index < -0.39 is 0 Å². The average molecular weight is 223 g/mol. The van der Waals surface area contributed by atoms with Gasteiger partial charge < -0.3 is 10.6 Å². The SMILES string of the molecule is CC1CC(N)CCN1C(=O)Cn1cncn1. The predicted octanol–water partition coefficient (Wildman–Crippen LogP) is -0.384. The molecule has 1 saturated heterocycles. The van der Waals surface area contributed by atoms with Gasteiger partial charge >= 0.3 is 0 Å². The predicted molar refractivity (Wildman–Crippen MR) is 58.4 cm³/mol. The lowest BCUT2D eigenvalue weighted by Gasteiger charge is -2.36. The van der Waals surface area contributed by atoms with Crippen molar-refractivity contribution in [1.82, 2.24) is 19.7 Å². The second-order valence-electron chi connectivity index (χ2n) is 4.31. The fourth-order valence-electron chi connectivity index (χ4n) is 2.12. The molecule has 2 unspecified atom stereocenters. The summed E-state index contributed by atoms with van der Waals surface area (Å²) in [5.41, 5.74) is 5.86. The zero-order valence-corrected chi connectivity index (χ0v) is 9.41. The largest absolute Gasteiger partial charge is 0.338 e. The van der Waals surface area contributed by atoms with Gasteiger partial charge in [-0.25, -0.2) is 9.67 Å². The molecule has 1 aliphatic rings. The molecular weight excluding hydrogens is 206 g/mol. The van der Waals surface area contributed by atoms with Crippen LogP contribution >= 0.6 is 0 Å². The molecule has 6 nitrogen and oxygen atoms in total. The first kappa shape index (κ1) is 11.1. The molecule has 1 aromatic rings. The highest BCUT2D eigenvalue weighted by Gasteiger charge is 2.26. The first-order valence-corrected chi connectivity index (χ1v) is 5.54. The molecule has 1 aliphatic heterocycles. The van der Waals surface area contributed by atoms with Gasteiger partial charge in [-0.1, -0.05) is 0 Å². The summed E-state index contributed by atoms with van der Waals surface area (Å²) in [4.78, 5) is 17.7. The van der Waals surface area contributed by atoms with E-state index in [2.05, 4.69) is 10.1 Å². The number of aromatic nitrogens is 3. The Hall–Kier alpha value is -1.43. The Morgan fingerprint density at radius 1 is 1.62 bits per heavy atom. The number of hydrogen-bond acceptors (Lipinski definition) is 4. The van der Waals surface area contributed by atoms with Crippen LogP contribution in [0.15, 0.2) is 12.7 Å². The monoisotopic (exact) mass is 223 g/mol. The van der Waals surface area contributed by atoms with Gasteiger partial charge in [0.1, 0.15) is 19.2 Å². The number of nitrogens with two attached hydrogens (primary N) is 1. The molecule has 88 valence electrons. The number of nitrogens with zero attached hydrogens (tertiary/aromatic N) is 4. The summed E-state index contributed by atoms with van der Waals surface area (Å²) in [6.07, 6.45) is 4.75. The lowest BCUT2D eigenvalue weighted by molar-refractivity contribution is -0.135. The highest BCUT2D eigenvalue weighted by molar-refractivity contribution is 5.76. The Morgan fingerprint density at radius 3 is 3.06 bits per heavy atom. The summed E-state index contributed by atoms with van der Waals surface area (Å²) >= 11 is 0. The van der Waals surface area contributed by atoms with Crippen LogP contribution in [0, 0.1) is 0 Å². The molecule has 1 fully saturated rings. The van der Waals surface area contributed by atoms with E-state index in [0.29, 0.717) is 0 Å². The third kappa shape index (κ3) is 2.38. The molecule has 0 bridgehead atoms. The number of carbonyl (C=O) groups excluding carboxylic acids is 1. The number of hydrogen-bond donors (Lipinski definition) is 1. The van der Waals surface area contributed by atoms with Crippen molar-refractivity contribution in [2.75, 3.05) is 6.54 Å². The summed E-state index contributed by atoms with van der Waals surface area (Å²) in [6.45, 7) is 3.05. The fraction of sp³-hybridized carbons (Fsp3) is 0.700. The molecule has 0 radical (unpaired) electrons. The van der Waals surface area contributed by atoms with Crippen LogP contribution in [0.1, 0.15) is 19.8 Å². The average Bonchev–Trinajstić information content (AvgIpc) is 2.70. The van der Waals surface area contributed by atoms with Gasteiger partial charge in [-0.15, -0.1) is 0 Å². The van der Waals surface area contributed by atoms with Crippen LogP contribution < -0.4 is 5.73 Å². The molecule has 2 rings (SSSR count). The quantitative estimate of drug-likeness (QED) is 0.741. The molecule has 0 aromatic carbocycles. The van der Waals surface area contributed by atoms with Gasteiger partial charge in [0.05, 0.1) is 0 Å². The Labute approximate surface area is 94.4 Å². The minimum Gasteiger partial charge on any atom is -0.338 e. The second-order valence-corrected chi connectivity index (χ2v) is 4.31. The number of rotatable bonds is 2. The third-order valence-corrected chi connectivity index (χ3v) is 3.00. The van der Waals surface area contributed by atoms with Crippen molar-refractivity contribution in [1.29, 1.82) is 0 Å². The maximum absolute atomic E-state index is 12.0. The van der Waals surface area contributed by atoms with E-state index in [1.165, 1.54) is 6.33 Å². The summed E-state index contributed by atoms with van der Waals surface area (Å²) < 4.78 is 1.55. The molecule has 1 aromatic heterocycles. The maximum atomic E-state index is 12.0. The fourth-order valence-corrected chi connectivity index (χ4v) is 2.12. The molecule has 0 aliphatic carbocycles. The summed E-state index contributed by atoms with van der Waals surface area (Å²) in [5.74, 6) is 0.0879. The Kier molecular flexibility index (Phi) is 3.19. The van der Waals surface area contributed by atoms with Crippen LogP contribution in [0.3, 0.4) is 0 Å². The minimum atomic E-state index is 0.0879. The zero-order valence-electron chi connectivity index (χ0n) is 9.41. The zero-order chi connectivity index (χ0) is 11.5. The third-order valence-electron chi connectivity index (χ3n) is 3.00. The van der Waals surface area contributed by atoms with Gasteiger partial charge in [-0.3, -0.25) is 4.79 Å². The smallest absolute Gasteiger partial charge is 0.244 e. The lowest BCUT2D eigenvalue weighted by atomic mass is 9.99. The van der Waals surface area contributed by atoms with Gasteiger partial charge in [0.25, 0.3) is 0 Å². The number of carbonyl (C=O) groups is 1. The molecule has 16 heavy (non-hydrogen) atoms. The van der Waals surface area contributed by atoms with Crippen molar-refractivity contribution in [3.05, 3.63) is 12.7 Å². The summed E-state index contributed by atoms with van der Waals surface area (Å²) in [5, 5.41) is 3.92.